The molecule has 0 radical (unpaired) electrons. The maximum Gasteiger partial charge on any atom is 0.307 e. The number of carbonyl (C=O) groups is 1. The molecule has 1 heterocycles. The van der Waals surface area contributed by atoms with Gasteiger partial charge in [0.25, 0.3) is 0 Å². The molecule has 0 atom stereocenters. The summed E-state index contributed by atoms with van der Waals surface area (Å²) < 4.78 is 4.57. The summed E-state index contributed by atoms with van der Waals surface area (Å²) in [5.74, 6) is 0.462. The van der Waals surface area contributed by atoms with Crippen LogP contribution in [0.25, 0.3) is 0 Å². The Bertz CT molecular complexity index is 435. The van der Waals surface area contributed by atoms with Crippen molar-refractivity contribution in [3.05, 3.63) is 21.9 Å². The van der Waals surface area contributed by atoms with E-state index in [0.29, 0.717) is 18.9 Å². The summed E-state index contributed by atoms with van der Waals surface area (Å²) in [4.78, 5) is 17.7. The largest absolute Gasteiger partial charge is 0.469 e. The molecule has 1 rings (SSSR count). The van der Waals surface area contributed by atoms with Crippen LogP contribution in [0.15, 0.2) is 17.1 Å². The molecular weight excluding hydrogens is 389 g/mol. The number of methoxy groups -OCH3 is 1. The predicted octanol–water partition coefficient (Wildman–Crippen LogP) is 2.16. The number of esters is 1. The molecule has 0 aromatic carbocycles. The number of aryl methyl sites for hydroxylation is 1. The van der Waals surface area contributed by atoms with E-state index in [0.717, 1.165) is 13.0 Å². The number of ether oxygens (including phenoxy) is 1. The van der Waals surface area contributed by atoms with Crippen molar-refractivity contribution in [3.63, 3.8) is 0 Å². The summed E-state index contributed by atoms with van der Waals surface area (Å²) >= 11 is 1.80. The predicted molar refractivity (Wildman–Crippen MR) is 93.9 cm³/mol. The molecule has 7 heteroatoms. The first kappa shape index (κ1) is 19.2. The molecule has 2 N–H and O–H groups in total. The Hall–Kier alpha value is -0.830. The van der Waals surface area contributed by atoms with Crippen LogP contribution in [0, 0.1) is 0 Å². The molecular formula is C13H22IN3O2S. The number of guanidine groups is 1. The highest BCUT2D eigenvalue weighted by atomic mass is 127. The number of hydrogen-bond acceptors (Lipinski definition) is 4. The number of nitrogens with one attached hydrogen (secondary N) is 2. The number of nitrogens with zero attached hydrogens (tertiary/aromatic N) is 1. The Morgan fingerprint density at radius 1 is 1.35 bits per heavy atom. The van der Waals surface area contributed by atoms with Crippen LogP contribution in [0.1, 0.15) is 23.1 Å². The second kappa shape index (κ2) is 10.9. The van der Waals surface area contributed by atoms with Crippen molar-refractivity contribution in [2.24, 2.45) is 4.99 Å². The molecule has 0 unspecified atom stereocenters. The first-order chi connectivity index (χ1) is 9.19. The third-order valence-corrected chi connectivity index (χ3v) is 3.80. The Kier molecular flexibility index (Phi) is 10.4. The van der Waals surface area contributed by atoms with Crippen LogP contribution in [0.3, 0.4) is 0 Å². The Labute approximate surface area is 141 Å². The SMILES string of the molecule is CCc1ccc(CNC(=NC)NCCC(=O)OC)s1.I. The Morgan fingerprint density at radius 2 is 2.05 bits per heavy atom. The molecule has 20 heavy (non-hydrogen) atoms. The lowest BCUT2D eigenvalue weighted by molar-refractivity contribution is -0.140. The molecule has 0 amide bonds. The van der Waals surface area contributed by atoms with Crippen LogP contribution in [0.2, 0.25) is 0 Å². The molecule has 1 aromatic heterocycles. The van der Waals surface area contributed by atoms with Gasteiger partial charge >= 0.3 is 5.97 Å². The normalized spacial score (nSPS) is 10.7. The minimum absolute atomic E-state index is 0. The van der Waals surface area contributed by atoms with Gasteiger partial charge in [-0.2, -0.15) is 0 Å². The first-order valence-corrected chi connectivity index (χ1v) is 7.10. The van der Waals surface area contributed by atoms with Crippen LogP contribution in [0.4, 0.5) is 0 Å². The molecule has 0 spiro atoms. The standard InChI is InChI=1S/C13H21N3O2S.HI/c1-4-10-5-6-11(19-10)9-16-13(14-2)15-8-7-12(17)18-3;/h5-6H,4,7-9H2,1-3H3,(H2,14,15,16);1H. The fourth-order valence-corrected chi connectivity index (χ4v) is 2.38. The van der Waals surface area contributed by atoms with Gasteiger partial charge in [0, 0.05) is 23.3 Å². The van der Waals surface area contributed by atoms with Gasteiger partial charge in [-0.15, -0.1) is 35.3 Å². The number of carbonyl (C=O) groups excluding carboxylic acids is 1. The van der Waals surface area contributed by atoms with Gasteiger partial charge in [-0.3, -0.25) is 9.79 Å². The zero-order valence-electron chi connectivity index (χ0n) is 12.1. The first-order valence-electron chi connectivity index (χ1n) is 6.28. The van der Waals surface area contributed by atoms with E-state index in [4.69, 9.17) is 0 Å². The molecule has 0 aliphatic carbocycles. The van der Waals surface area contributed by atoms with Crippen LogP contribution in [0.5, 0.6) is 0 Å². The van der Waals surface area contributed by atoms with Gasteiger partial charge in [-0.1, -0.05) is 6.92 Å². The van der Waals surface area contributed by atoms with Crippen molar-refractivity contribution < 1.29 is 9.53 Å². The monoisotopic (exact) mass is 411 g/mol. The van der Waals surface area contributed by atoms with E-state index in [1.54, 1.807) is 18.4 Å². The summed E-state index contributed by atoms with van der Waals surface area (Å²) in [5, 5.41) is 6.28. The lowest BCUT2D eigenvalue weighted by Gasteiger charge is -2.10. The van der Waals surface area contributed by atoms with Crippen molar-refractivity contribution in [1.29, 1.82) is 0 Å². The average Bonchev–Trinajstić information content (AvgIpc) is 2.90. The number of hydrogen-bond donors (Lipinski definition) is 2. The van der Waals surface area contributed by atoms with Crippen molar-refractivity contribution in [2.45, 2.75) is 26.3 Å². The van der Waals surface area contributed by atoms with Gasteiger partial charge in [-0.05, 0) is 18.6 Å². The lowest BCUT2D eigenvalue weighted by atomic mass is 10.3. The van der Waals surface area contributed by atoms with Crippen LogP contribution in [-0.4, -0.2) is 32.6 Å². The molecule has 0 fully saturated rings. The van der Waals surface area contributed by atoms with Gasteiger partial charge in [0.15, 0.2) is 5.96 Å². The van der Waals surface area contributed by atoms with E-state index in [2.05, 4.69) is 39.4 Å². The summed E-state index contributed by atoms with van der Waals surface area (Å²) in [6.45, 7) is 3.40. The highest BCUT2D eigenvalue weighted by Crippen LogP contribution is 2.16. The zero-order chi connectivity index (χ0) is 14.1. The number of aliphatic imine (C=N–C) groups is 1. The maximum absolute atomic E-state index is 11.0. The van der Waals surface area contributed by atoms with E-state index < -0.39 is 0 Å². The van der Waals surface area contributed by atoms with Crippen LogP contribution >= 0.6 is 35.3 Å². The fraction of sp³-hybridized carbons (Fsp3) is 0.538. The highest BCUT2D eigenvalue weighted by Gasteiger charge is 2.03. The van der Waals surface area contributed by atoms with E-state index in [-0.39, 0.29) is 29.9 Å². The second-order valence-corrected chi connectivity index (χ2v) is 5.15. The van der Waals surface area contributed by atoms with Crippen molar-refractivity contribution >= 4 is 47.2 Å². The fourth-order valence-electron chi connectivity index (χ4n) is 1.48. The molecule has 0 saturated carbocycles. The number of rotatable bonds is 6. The summed E-state index contributed by atoms with van der Waals surface area (Å²) in [6, 6.07) is 4.27. The van der Waals surface area contributed by atoms with E-state index in [1.807, 2.05) is 0 Å². The molecule has 5 nitrogen and oxygen atoms in total. The van der Waals surface area contributed by atoms with Gasteiger partial charge in [0.2, 0.25) is 0 Å². The van der Waals surface area contributed by atoms with Gasteiger partial charge in [0.05, 0.1) is 20.1 Å². The van der Waals surface area contributed by atoms with E-state index in [9.17, 15) is 4.79 Å². The van der Waals surface area contributed by atoms with Gasteiger partial charge < -0.3 is 15.4 Å². The average molecular weight is 411 g/mol. The highest BCUT2D eigenvalue weighted by molar-refractivity contribution is 14.0. The Morgan fingerprint density at radius 3 is 2.60 bits per heavy atom. The van der Waals surface area contributed by atoms with Crippen molar-refractivity contribution in [1.82, 2.24) is 10.6 Å². The van der Waals surface area contributed by atoms with Crippen LogP contribution in [-0.2, 0) is 22.5 Å². The van der Waals surface area contributed by atoms with Crippen LogP contribution < -0.4 is 10.6 Å². The molecule has 0 aliphatic rings. The molecule has 0 aliphatic heterocycles. The quantitative estimate of drug-likeness (QED) is 0.326. The summed E-state index contributed by atoms with van der Waals surface area (Å²) in [5.41, 5.74) is 0. The maximum atomic E-state index is 11.0. The second-order valence-electron chi connectivity index (χ2n) is 3.90. The Balaban J connectivity index is 0.00000361. The van der Waals surface area contributed by atoms with E-state index in [1.165, 1.54) is 16.9 Å². The molecule has 1 aromatic rings. The smallest absolute Gasteiger partial charge is 0.307 e. The minimum Gasteiger partial charge on any atom is -0.469 e. The molecule has 0 bridgehead atoms. The van der Waals surface area contributed by atoms with Gasteiger partial charge in [-0.25, -0.2) is 0 Å². The summed E-state index contributed by atoms with van der Waals surface area (Å²) in [7, 11) is 3.09. The zero-order valence-corrected chi connectivity index (χ0v) is 15.2. The van der Waals surface area contributed by atoms with Gasteiger partial charge in [0.1, 0.15) is 0 Å². The van der Waals surface area contributed by atoms with Crippen molar-refractivity contribution in [3.8, 4) is 0 Å². The number of halogens is 1. The minimum atomic E-state index is -0.228. The third-order valence-electron chi connectivity index (χ3n) is 2.57. The van der Waals surface area contributed by atoms with E-state index >= 15 is 0 Å². The molecule has 0 saturated heterocycles. The third kappa shape index (κ3) is 7.09. The molecule has 114 valence electrons. The number of thiophene rings is 1. The lowest BCUT2D eigenvalue weighted by Crippen LogP contribution is -2.37. The van der Waals surface area contributed by atoms with Crippen molar-refractivity contribution in [2.75, 3.05) is 20.7 Å². The topological polar surface area (TPSA) is 62.7 Å². The summed E-state index contributed by atoms with van der Waals surface area (Å²) in [6.07, 6.45) is 1.40.